The van der Waals surface area contributed by atoms with Crippen molar-refractivity contribution in [3.05, 3.63) is 17.0 Å². The van der Waals surface area contributed by atoms with E-state index in [4.69, 9.17) is 25.8 Å². The fourth-order valence-electron chi connectivity index (χ4n) is 1.36. The van der Waals surface area contributed by atoms with Crippen molar-refractivity contribution in [3.8, 4) is 5.88 Å². The van der Waals surface area contributed by atoms with Crippen LogP contribution in [0.4, 0.5) is 0 Å². The topological polar surface area (TPSA) is 53.5 Å². The molecule has 6 heteroatoms. The predicted molar refractivity (Wildman–Crippen MR) is 73.9 cm³/mol. The summed E-state index contributed by atoms with van der Waals surface area (Å²) in [5, 5.41) is 0.398. The second kappa shape index (κ2) is 9.07. The van der Waals surface area contributed by atoms with Crippen LogP contribution in [0.3, 0.4) is 0 Å². The molecule has 0 bridgehead atoms. The highest BCUT2D eigenvalue weighted by Gasteiger charge is 2.07. The quantitative estimate of drug-likeness (QED) is 0.516. The van der Waals surface area contributed by atoms with Crippen molar-refractivity contribution in [2.75, 3.05) is 33.5 Å². The van der Waals surface area contributed by atoms with E-state index < -0.39 is 0 Å². The summed E-state index contributed by atoms with van der Waals surface area (Å²) in [4.78, 5) is 8.43. The summed E-state index contributed by atoms with van der Waals surface area (Å²) in [7, 11) is 1.67. The molecule has 0 fully saturated rings. The summed E-state index contributed by atoms with van der Waals surface area (Å²) in [6.07, 6.45) is 0.882. The molecule has 1 aromatic rings. The molecule has 1 aromatic heterocycles. The summed E-state index contributed by atoms with van der Waals surface area (Å²) >= 11 is 5.92. The fraction of sp³-hybridized carbons (Fsp3) is 0.692. The molecule has 0 saturated carbocycles. The van der Waals surface area contributed by atoms with Gasteiger partial charge in [-0.25, -0.2) is 4.98 Å². The normalized spacial score (nSPS) is 11.0. The molecule has 0 aliphatic heterocycles. The second-order valence-corrected chi connectivity index (χ2v) is 4.74. The van der Waals surface area contributed by atoms with Gasteiger partial charge in [-0.05, 0) is 6.42 Å². The molecular formula is C13H21ClN2O3. The van der Waals surface area contributed by atoms with Gasteiger partial charge in [-0.1, -0.05) is 25.4 Å². The van der Waals surface area contributed by atoms with Crippen molar-refractivity contribution < 1.29 is 14.2 Å². The number of aromatic nitrogens is 2. The number of methoxy groups -OCH3 is 1. The first-order valence-corrected chi connectivity index (χ1v) is 6.75. The number of nitrogens with zero attached hydrogens (tertiary/aromatic N) is 2. The van der Waals surface area contributed by atoms with Crippen molar-refractivity contribution in [3.63, 3.8) is 0 Å². The lowest BCUT2D eigenvalue weighted by Crippen LogP contribution is -2.10. The first-order chi connectivity index (χ1) is 9.13. The number of hydrogen-bond donors (Lipinski definition) is 0. The SMILES string of the molecule is COCCCOCCOc1cc(Cl)nc(C(C)C)n1. The molecule has 1 rings (SSSR count). The van der Waals surface area contributed by atoms with E-state index in [1.54, 1.807) is 13.2 Å². The second-order valence-electron chi connectivity index (χ2n) is 4.35. The van der Waals surface area contributed by atoms with Crippen LogP contribution < -0.4 is 4.74 Å². The molecule has 0 unspecified atom stereocenters. The highest BCUT2D eigenvalue weighted by Crippen LogP contribution is 2.18. The van der Waals surface area contributed by atoms with Gasteiger partial charge >= 0.3 is 0 Å². The molecule has 1 heterocycles. The Hall–Kier alpha value is -0.910. The first-order valence-electron chi connectivity index (χ1n) is 6.37. The Kier molecular flexibility index (Phi) is 7.70. The number of rotatable bonds is 9. The molecule has 0 spiro atoms. The summed E-state index contributed by atoms with van der Waals surface area (Å²) in [6, 6.07) is 1.61. The minimum atomic E-state index is 0.214. The number of hydrogen-bond acceptors (Lipinski definition) is 5. The monoisotopic (exact) mass is 288 g/mol. The van der Waals surface area contributed by atoms with E-state index in [2.05, 4.69) is 9.97 Å². The van der Waals surface area contributed by atoms with E-state index >= 15 is 0 Å². The van der Waals surface area contributed by atoms with E-state index in [-0.39, 0.29) is 5.92 Å². The van der Waals surface area contributed by atoms with Gasteiger partial charge in [0.1, 0.15) is 17.6 Å². The fourth-order valence-corrected chi connectivity index (χ4v) is 1.54. The van der Waals surface area contributed by atoms with E-state index in [9.17, 15) is 0 Å². The zero-order chi connectivity index (χ0) is 14.1. The van der Waals surface area contributed by atoms with Crippen molar-refractivity contribution in [2.24, 2.45) is 0 Å². The average Bonchev–Trinajstić information content (AvgIpc) is 2.37. The first kappa shape index (κ1) is 16.1. The molecular weight excluding hydrogens is 268 g/mol. The summed E-state index contributed by atoms with van der Waals surface area (Å²) in [6.45, 7) is 6.35. The van der Waals surface area contributed by atoms with E-state index in [0.29, 0.717) is 43.3 Å². The van der Waals surface area contributed by atoms with Crippen LogP contribution in [0, 0.1) is 0 Å². The van der Waals surface area contributed by atoms with Gasteiger partial charge in [-0.3, -0.25) is 0 Å². The van der Waals surface area contributed by atoms with Gasteiger partial charge in [0, 0.05) is 32.3 Å². The predicted octanol–water partition coefficient (Wildman–Crippen LogP) is 2.69. The minimum Gasteiger partial charge on any atom is -0.475 e. The molecule has 19 heavy (non-hydrogen) atoms. The average molecular weight is 289 g/mol. The lowest BCUT2D eigenvalue weighted by Gasteiger charge is -2.09. The van der Waals surface area contributed by atoms with Crippen LogP contribution in [0.15, 0.2) is 6.07 Å². The summed E-state index contributed by atoms with van der Waals surface area (Å²) < 4.78 is 15.8. The zero-order valence-corrected chi connectivity index (χ0v) is 12.4. The molecule has 0 aromatic carbocycles. The van der Waals surface area contributed by atoms with Crippen molar-refractivity contribution in [1.82, 2.24) is 9.97 Å². The Balaban J connectivity index is 2.29. The van der Waals surface area contributed by atoms with Crippen LogP contribution in [0.1, 0.15) is 32.0 Å². The minimum absolute atomic E-state index is 0.214. The lowest BCUT2D eigenvalue weighted by atomic mass is 10.2. The molecule has 0 aliphatic rings. The van der Waals surface area contributed by atoms with Crippen LogP contribution >= 0.6 is 11.6 Å². The molecule has 5 nitrogen and oxygen atoms in total. The van der Waals surface area contributed by atoms with E-state index in [0.717, 1.165) is 6.42 Å². The number of halogens is 1. The molecule has 0 aliphatic carbocycles. The maximum Gasteiger partial charge on any atom is 0.218 e. The highest BCUT2D eigenvalue weighted by molar-refractivity contribution is 6.29. The molecule has 0 N–H and O–H groups in total. The van der Waals surface area contributed by atoms with Gasteiger partial charge < -0.3 is 14.2 Å². The van der Waals surface area contributed by atoms with Crippen LogP contribution in [0.5, 0.6) is 5.88 Å². The van der Waals surface area contributed by atoms with Crippen LogP contribution in [0.2, 0.25) is 5.15 Å². The Labute approximate surface area is 119 Å². The standard InChI is InChI=1S/C13H21ClN2O3/c1-10(2)13-15-11(14)9-12(16-13)19-8-7-18-6-4-5-17-3/h9-10H,4-8H2,1-3H3. The molecule has 0 amide bonds. The Morgan fingerprint density at radius 1 is 1.16 bits per heavy atom. The zero-order valence-electron chi connectivity index (χ0n) is 11.7. The summed E-state index contributed by atoms with van der Waals surface area (Å²) in [5.74, 6) is 1.39. The molecule has 108 valence electrons. The van der Waals surface area contributed by atoms with E-state index in [1.807, 2.05) is 13.8 Å². The molecule has 0 saturated heterocycles. The van der Waals surface area contributed by atoms with Gasteiger partial charge in [0.15, 0.2) is 0 Å². The largest absolute Gasteiger partial charge is 0.475 e. The van der Waals surface area contributed by atoms with Crippen LogP contribution in [-0.4, -0.2) is 43.5 Å². The Morgan fingerprint density at radius 2 is 1.95 bits per heavy atom. The maximum absolute atomic E-state index is 5.92. The smallest absolute Gasteiger partial charge is 0.218 e. The van der Waals surface area contributed by atoms with Gasteiger partial charge in [0.25, 0.3) is 0 Å². The van der Waals surface area contributed by atoms with E-state index in [1.165, 1.54) is 0 Å². The third-order valence-corrected chi connectivity index (χ3v) is 2.51. The Morgan fingerprint density at radius 3 is 2.63 bits per heavy atom. The van der Waals surface area contributed by atoms with Gasteiger partial charge in [-0.2, -0.15) is 4.98 Å². The number of ether oxygens (including phenoxy) is 3. The van der Waals surface area contributed by atoms with Crippen molar-refractivity contribution >= 4 is 11.6 Å². The highest BCUT2D eigenvalue weighted by atomic mass is 35.5. The van der Waals surface area contributed by atoms with Gasteiger partial charge in [0.05, 0.1) is 6.61 Å². The lowest BCUT2D eigenvalue weighted by molar-refractivity contribution is 0.0794. The van der Waals surface area contributed by atoms with Gasteiger partial charge in [0.2, 0.25) is 5.88 Å². The Bertz CT molecular complexity index is 375. The van der Waals surface area contributed by atoms with Crippen LogP contribution in [0.25, 0.3) is 0 Å². The third-order valence-electron chi connectivity index (χ3n) is 2.32. The third kappa shape index (κ3) is 6.71. The maximum atomic E-state index is 5.92. The van der Waals surface area contributed by atoms with Crippen molar-refractivity contribution in [2.45, 2.75) is 26.2 Å². The van der Waals surface area contributed by atoms with Crippen LogP contribution in [-0.2, 0) is 9.47 Å². The summed E-state index contributed by atoms with van der Waals surface area (Å²) in [5.41, 5.74) is 0. The molecule has 0 atom stereocenters. The molecule has 0 radical (unpaired) electrons. The van der Waals surface area contributed by atoms with Crippen molar-refractivity contribution in [1.29, 1.82) is 0 Å². The van der Waals surface area contributed by atoms with Gasteiger partial charge in [-0.15, -0.1) is 0 Å².